The van der Waals surface area contributed by atoms with E-state index in [0.29, 0.717) is 12.6 Å². The summed E-state index contributed by atoms with van der Waals surface area (Å²) >= 11 is 0. The maximum Gasteiger partial charge on any atom is 0.225 e. The maximum absolute atomic E-state index is 5.24. The van der Waals surface area contributed by atoms with Gasteiger partial charge in [0.2, 0.25) is 5.95 Å². The number of methoxy groups -OCH3 is 1. The summed E-state index contributed by atoms with van der Waals surface area (Å²) in [6.07, 6.45) is 9.70. The molecule has 2 aromatic heterocycles. The third-order valence-electron chi connectivity index (χ3n) is 4.87. The monoisotopic (exact) mass is 364 g/mol. The third kappa shape index (κ3) is 4.09. The lowest BCUT2D eigenvalue weighted by atomic mass is 10.1. The number of nitrogens with zero attached hydrogens (tertiary/aromatic N) is 5. The summed E-state index contributed by atoms with van der Waals surface area (Å²) in [6.45, 7) is 2.63. The van der Waals surface area contributed by atoms with E-state index in [0.717, 1.165) is 49.1 Å². The van der Waals surface area contributed by atoms with Gasteiger partial charge in [-0.05, 0) is 43.2 Å². The molecule has 0 aliphatic carbocycles. The van der Waals surface area contributed by atoms with Gasteiger partial charge in [-0.1, -0.05) is 0 Å². The number of anilines is 1. The van der Waals surface area contributed by atoms with Crippen molar-refractivity contribution in [3.05, 3.63) is 60.9 Å². The molecule has 1 fully saturated rings. The minimum atomic E-state index is 0.392. The highest BCUT2D eigenvalue weighted by Crippen LogP contribution is 2.18. The summed E-state index contributed by atoms with van der Waals surface area (Å²) in [5, 5.41) is 3.65. The Bertz CT molecular complexity index is 848. The molecular weight excluding hydrogens is 340 g/mol. The number of rotatable bonds is 6. The highest BCUT2D eigenvalue weighted by Gasteiger charge is 2.21. The van der Waals surface area contributed by atoms with Crippen LogP contribution in [0.25, 0.3) is 5.69 Å². The Morgan fingerprint density at radius 2 is 1.93 bits per heavy atom. The van der Waals surface area contributed by atoms with Crippen LogP contribution in [0.4, 0.5) is 5.95 Å². The Balaban J connectivity index is 1.40. The van der Waals surface area contributed by atoms with Gasteiger partial charge >= 0.3 is 0 Å². The van der Waals surface area contributed by atoms with Crippen molar-refractivity contribution in [1.29, 1.82) is 0 Å². The SMILES string of the molecule is COc1ccc(-n2ccnc2CN[C@@H]2CCCN(c3ncccn3)C2)cc1. The second kappa shape index (κ2) is 8.18. The second-order valence-corrected chi connectivity index (χ2v) is 6.63. The molecule has 1 aliphatic rings. The summed E-state index contributed by atoms with van der Waals surface area (Å²) in [4.78, 5) is 15.5. The van der Waals surface area contributed by atoms with Crippen molar-refractivity contribution < 1.29 is 4.74 Å². The zero-order chi connectivity index (χ0) is 18.5. The fourth-order valence-electron chi connectivity index (χ4n) is 3.46. The predicted octanol–water partition coefficient (Wildman–Crippen LogP) is 2.43. The number of ether oxygens (including phenoxy) is 1. The molecule has 0 saturated carbocycles. The normalized spacial score (nSPS) is 17.1. The van der Waals surface area contributed by atoms with E-state index in [1.54, 1.807) is 19.5 Å². The Hall–Kier alpha value is -2.93. The predicted molar refractivity (Wildman–Crippen MR) is 104 cm³/mol. The van der Waals surface area contributed by atoms with Crippen LogP contribution in [0.1, 0.15) is 18.7 Å². The van der Waals surface area contributed by atoms with Crippen LogP contribution in [0.15, 0.2) is 55.1 Å². The summed E-state index contributed by atoms with van der Waals surface area (Å²) in [7, 11) is 1.68. The Morgan fingerprint density at radius 3 is 2.70 bits per heavy atom. The first-order valence-electron chi connectivity index (χ1n) is 9.25. The summed E-state index contributed by atoms with van der Waals surface area (Å²) in [5.41, 5.74) is 1.08. The van der Waals surface area contributed by atoms with Crippen molar-refractivity contribution in [2.24, 2.45) is 0 Å². The number of imidazole rings is 1. The van der Waals surface area contributed by atoms with Gasteiger partial charge in [0.15, 0.2) is 0 Å². The highest BCUT2D eigenvalue weighted by atomic mass is 16.5. The minimum absolute atomic E-state index is 0.392. The third-order valence-corrected chi connectivity index (χ3v) is 4.87. The van der Waals surface area contributed by atoms with E-state index in [2.05, 4.69) is 29.7 Å². The fourth-order valence-corrected chi connectivity index (χ4v) is 3.46. The summed E-state index contributed by atoms with van der Waals surface area (Å²) in [5.74, 6) is 2.65. The first-order chi connectivity index (χ1) is 13.3. The van der Waals surface area contributed by atoms with Gasteiger partial charge in [0, 0.05) is 49.6 Å². The van der Waals surface area contributed by atoms with Crippen molar-refractivity contribution in [3.63, 3.8) is 0 Å². The van der Waals surface area contributed by atoms with Crippen LogP contribution in [0.5, 0.6) is 5.75 Å². The van der Waals surface area contributed by atoms with Gasteiger partial charge < -0.3 is 19.5 Å². The van der Waals surface area contributed by atoms with Gasteiger partial charge in [0.1, 0.15) is 11.6 Å². The Labute approximate surface area is 159 Å². The first-order valence-corrected chi connectivity index (χ1v) is 9.25. The molecule has 140 valence electrons. The molecule has 0 bridgehead atoms. The smallest absolute Gasteiger partial charge is 0.225 e. The molecule has 0 amide bonds. The number of hydrogen-bond donors (Lipinski definition) is 1. The Kier molecular flexibility index (Phi) is 5.29. The zero-order valence-corrected chi connectivity index (χ0v) is 15.5. The molecule has 4 rings (SSSR count). The maximum atomic E-state index is 5.24. The molecule has 3 heterocycles. The topological polar surface area (TPSA) is 68.1 Å². The van der Waals surface area contributed by atoms with Crippen molar-refractivity contribution >= 4 is 5.95 Å². The molecule has 7 nitrogen and oxygen atoms in total. The van der Waals surface area contributed by atoms with Crippen molar-refractivity contribution in [3.8, 4) is 11.4 Å². The number of nitrogens with one attached hydrogen (secondary N) is 1. The number of aromatic nitrogens is 4. The summed E-state index contributed by atoms with van der Waals surface area (Å²) in [6, 6.07) is 10.3. The van der Waals surface area contributed by atoms with Gasteiger partial charge in [-0.2, -0.15) is 0 Å². The van der Waals surface area contributed by atoms with Gasteiger partial charge in [-0.15, -0.1) is 0 Å². The van der Waals surface area contributed by atoms with Gasteiger partial charge in [-0.25, -0.2) is 15.0 Å². The lowest BCUT2D eigenvalue weighted by Crippen LogP contribution is -2.46. The van der Waals surface area contributed by atoms with Crippen molar-refractivity contribution in [1.82, 2.24) is 24.8 Å². The van der Waals surface area contributed by atoms with E-state index in [9.17, 15) is 0 Å². The number of hydrogen-bond acceptors (Lipinski definition) is 6. The molecular formula is C20H24N6O. The van der Waals surface area contributed by atoms with E-state index < -0.39 is 0 Å². The highest BCUT2D eigenvalue weighted by molar-refractivity contribution is 5.38. The lowest BCUT2D eigenvalue weighted by Gasteiger charge is -2.33. The zero-order valence-electron chi connectivity index (χ0n) is 15.5. The molecule has 0 unspecified atom stereocenters. The van der Waals surface area contributed by atoms with E-state index in [1.807, 2.05) is 42.7 Å². The standard InChI is InChI=1S/C20H24N6O/c1-27-18-7-5-17(6-8-18)26-13-11-21-19(26)14-24-16-4-2-12-25(15-16)20-22-9-3-10-23-20/h3,5-11,13,16,24H,2,4,12,14-15H2,1H3/t16-/m1/s1. The van der Waals surface area contributed by atoms with Crippen LogP contribution in [0.3, 0.4) is 0 Å². The Morgan fingerprint density at radius 1 is 1.11 bits per heavy atom. The van der Waals surface area contributed by atoms with Crippen LogP contribution in [-0.2, 0) is 6.54 Å². The van der Waals surface area contributed by atoms with E-state index in [-0.39, 0.29) is 0 Å². The molecule has 1 aliphatic heterocycles. The molecule has 3 aromatic rings. The number of benzene rings is 1. The van der Waals surface area contributed by atoms with Crippen molar-refractivity contribution in [2.75, 3.05) is 25.1 Å². The number of piperidine rings is 1. The molecule has 1 atom stereocenters. The molecule has 7 heteroatoms. The van der Waals surface area contributed by atoms with Gasteiger partial charge in [0.05, 0.1) is 13.7 Å². The molecule has 0 spiro atoms. The quantitative estimate of drug-likeness (QED) is 0.725. The average Bonchev–Trinajstić information content (AvgIpc) is 3.22. The van der Waals surface area contributed by atoms with E-state index in [4.69, 9.17) is 4.74 Å². The lowest BCUT2D eigenvalue weighted by molar-refractivity contribution is 0.412. The molecule has 1 aromatic carbocycles. The summed E-state index contributed by atoms with van der Waals surface area (Å²) < 4.78 is 7.34. The van der Waals surface area contributed by atoms with E-state index >= 15 is 0 Å². The first kappa shape index (κ1) is 17.5. The average molecular weight is 364 g/mol. The molecule has 1 saturated heterocycles. The van der Waals surface area contributed by atoms with Gasteiger partial charge in [0.25, 0.3) is 0 Å². The van der Waals surface area contributed by atoms with Crippen LogP contribution in [0, 0.1) is 0 Å². The minimum Gasteiger partial charge on any atom is -0.497 e. The molecule has 1 N–H and O–H groups in total. The van der Waals surface area contributed by atoms with Crippen LogP contribution >= 0.6 is 0 Å². The van der Waals surface area contributed by atoms with Crippen molar-refractivity contribution in [2.45, 2.75) is 25.4 Å². The van der Waals surface area contributed by atoms with Crippen LogP contribution in [-0.4, -0.2) is 45.8 Å². The molecule has 27 heavy (non-hydrogen) atoms. The largest absolute Gasteiger partial charge is 0.497 e. The second-order valence-electron chi connectivity index (χ2n) is 6.63. The van der Waals surface area contributed by atoms with Crippen LogP contribution < -0.4 is 15.0 Å². The van der Waals surface area contributed by atoms with Crippen LogP contribution in [0.2, 0.25) is 0 Å². The fraction of sp³-hybridized carbons (Fsp3) is 0.350. The van der Waals surface area contributed by atoms with Gasteiger partial charge in [-0.3, -0.25) is 0 Å². The van der Waals surface area contributed by atoms with E-state index in [1.165, 1.54) is 0 Å². The molecule has 0 radical (unpaired) electrons.